The lowest BCUT2D eigenvalue weighted by atomic mass is 9.71. The molecule has 0 rings (SSSR count). The largest absolute Gasteiger partial charge is 0.480 e. The van der Waals surface area contributed by atoms with E-state index < -0.39 is 28.9 Å². The van der Waals surface area contributed by atoms with Gasteiger partial charge in [0.15, 0.2) is 0 Å². The summed E-state index contributed by atoms with van der Waals surface area (Å²) in [5.41, 5.74) is 18.1. The van der Waals surface area contributed by atoms with Gasteiger partial charge in [-0.05, 0) is 38.6 Å². The fourth-order valence-electron chi connectivity index (χ4n) is 2.23. The van der Waals surface area contributed by atoms with E-state index >= 15 is 0 Å². The molecule has 0 fully saturated rings. The molecule has 3 atom stereocenters. The Balaban J connectivity index is 5.40. The summed E-state index contributed by atoms with van der Waals surface area (Å²) in [6.07, 6.45) is 0.514. The SMILES string of the molecule is N#CC(CN)CCC(N)(C(=O)O)C(N)(CCCCN)C(=O)O. The van der Waals surface area contributed by atoms with Crippen molar-refractivity contribution in [1.29, 1.82) is 5.26 Å². The molecule has 3 unspecified atom stereocenters. The highest BCUT2D eigenvalue weighted by atomic mass is 16.4. The molecule has 126 valence electrons. The van der Waals surface area contributed by atoms with E-state index in [1.165, 1.54) is 0 Å². The van der Waals surface area contributed by atoms with Gasteiger partial charge in [0.1, 0.15) is 11.1 Å². The van der Waals surface area contributed by atoms with Crippen LogP contribution >= 0.6 is 0 Å². The van der Waals surface area contributed by atoms with Crippen molar-refractivity contribution in [2.45, 2.75) is 43.2 Å². The minimum atomic E-state index is -2.20. The summed E-state index contributed by atoms with van der Waals surface area (Å²) in [5.74, 6) is -3.61. The third-order valence-corrected chi connectivity index (χ3v) is 3.94. The van der Waals surface area contributed by atoms with Crippen LogP contribution in [0.1, 0.15) is 32.1 Å². The predicted molar refractivity (Wildman–Crippen MR) is 79.4 cm³/mol. The summed E-state index contributed by atoms with van der Waals surface area (Å²) >= 11 is 0. The summed E-state index contributed by atoms with van der Waals surface area (Å²) in [7, 11) is 0. The predicted octanol–water partition coefficient (Wildman–Crippen LogP) is -1.44. The van der Waals surface area contributed by atoms with Crippen LogP contribution in [0, 0.1) is 17.2 Å². The zero-order valence-corrected chi connectivity index (χ0v) is 12.5. The van der Waals surface area contributed by atoms with Gasteiger partial charge in [0.25, 0.3) is 0 Å². The highest BCUT2D eigenvalue weighted by molar-refractivity contribution is 5.92. The maximum atomic E-state index is 11.6. The fraction of sp³-hybridized carbons (Fsp3) is 0.769. The first-order chi connectivity index (χ1) is 10.2. The number of nitrogens with two attached hydrogens (primary N) is 4. The molecule has 0 saturated heterocycles. The average Bonchev–Trinajstić information content (AvgIpc) is 2.47. The molecule has 0 heterocycles. The maximum absolute atomic E-state index is 11.6. The first kappa shape index (κ1) is 20.3. The molecule has 0 bridgehead atoms. The van der Waals surface area contributed by atoms with Crippen molar-refractivity contribution in [2.75, 3.05) is 13.1 Å². The fourth-order valence-corrected chi connectivity index (χ4v) is 2.23. The first-order valence-electron chi connectivity index (χ1n) is 7.04. The Bertz CT molecular complexity index is 439. The second-order valence-electron chi connectivity index (χ2n) is 5.40. The molecule has 0 spiro atoms. The average molecular weight is 315 g/mol. The minimum Gasteiger partial charge on any atom is -0.480 e. The molecule has 0 saturated carbocycles. The van der Waals surface area contributed by atoms with Crippen molar-refractivity contribution in [2.24, 2.45) is 28.9 Å². The molecule has 0 amide bonds. The van der Waals surface area contributed by atoms with Gasteiger partial charge in [0.05, 0.1) is 12.0 Å². The van der Waals surface area contributed by atoms with Gasteiger partial charge in [-0.25, -0.2) is 0 Å². The maximum Gasteiger partial charge on any atom is 0.326 e. The quantitative estimate of drug-likeness (QED) is 0.247. The molecule has 22 heavy (non-hydrogen) atoms. The van der Waals surface area contributed by atoms with Crippen LogP contribution < -0.4 is 22.9 Å². The third-order valence-electron chi connectivity index (χ3n) is 3.94. The summed E-state index contributed by atoms with van der Waals surface area (Å²) in [4.78, 5) is 23.1. The Morgan fingerprint density at radius 1 is 1.05 bits per heavy atom. The number of carbonyl (C=O) groups is 2. The van der Waals surface area contributed by atoms with E-state index in [0.29, 0.717) is 19.4 Å². The molecular weight excluding hydrogens is 290 g/mol. The van der Waals surface area contributed by atoms with Crippen LogP contribution in [0.25, 0.3) is 0 Å². The van der Waals surface area contributed by atoms with E-state index in [0.717, 1.165) is 0 Å². The Morgan fingerprint density at radius 3 is 1.91 bits per heavy atom. The Morgan fingerprint density at radius 2 is 1.55 bits per heavy atom. The molecule has 9 heteroatoms. The molecule has 0 aliphatic heterocycles. The topological polar surface area (TPSA) is 202 Å². The van der Waals surface area contributed by atoms with Crippen molar-refractivity contribution < 1.29 is 19.8 Å². The molecule has 0 radical (unpaired) electrons. The molecule has 0 aromatic carbocycles. The van der Waals surface area contributed by atoms with E-state index in [9.17, 15) is 19.8 Å². The van der Waals surface area contributed by atoms with Gasteiger partial charge >= 0.3 is 11.9 Å². The third kappa shape index (κ3) is 4.38. The number of unbranched alkanes of at least 4 members (excludes halogenated alkanes) is 1. The molecular formula is C13H25N5O4. The van der Waals surface area contributed by atoms with Crippen LogP contribution in [-0.4, -0.2) is 46.3 Å². The second-order valence-corrected chi connectivity index (χ2v) is 5.40. The minimum absolute atomic E-state index is 0.0318. The highest BCUT2D eigenvalue weighted by Crippen LogP contribution is 2.30. The number of nitriles is 1. The number of hydrogen-bond acceptors (Lipinski definition) is 7. The van der Waals surface area contributed by atoms with Crippen molar-refractivity contribution in [1.82, 2.24) is 0 Å². The van der Waals surface area contributed by atoms with Gasteiger partial charge in [-0.3, -0.25) is 9.59 Å². The van der Waals surface area contributed by atoms with E-state index in [-0.39, 0.29) is 25.8 Å². The van der Waals surface area contributed by atoms with E-state index in [4.69, 9.17) is 28.2 Å². The molecule has 10 N–H and O–H groups in total. The Labute approximate surface area is 129 Å². The van der Waals surface area contributed by atoms with Crippen LogP contribution in [0.4, 0.5) is 0 Å². The number of hydrogen-bond donors (Lipinski definition) is 6. The van der Waals surface area contributed by atoms with Gasteiger partial charge in [-0.1, -0.05) is 0 Å². The van der Waals surface area contributed by atoms with Gasteiger partial charge in [0, 0.05) is 6.54 Å². The van der Waals surface area contributed by atoms with Crippen LogP contribution in [0.3, 0.4) is 0 Å². The molecule has 0 aromatic heterocycles. The number of nitrogens with zero attached hydrogens (tertiary/aromatic N) is 1. The zero-order valence-electron chi connectivity index (χ0n) is 12.5. The summed E-state index contributed by atoms with van der Waals surface area (Å²) in [6, 6.07) is 1.92. The number of aliphatic carboxylic acids is 2. The lowest BCUT2D eigenvalue weighted by Gasteiger charge is -2.40. The Hall–Kier alpha value is -1.73. The number of carboxylic acids is 2. The molecule has 0 aromatic rings. The van der Waals surface area contributed by atoms with Gasteiger partial charge < -0.3 is 33.1 Å². The van der Waals surface area contributed by atoms with Gasteiger partial charge in [-0.2, -0.15) is 5.26 Å². The standard InChI is InChI=1S/C13H25N5O4/c14-6-2-1-4-12(17,10(19)20)13(18,11(21)22)5-3-9(7-15)8-16/h9H,1-7,14-15,17-18H2,(H,19,20)(H,21,22). The van der Waals surface area contributed by atoms with Crippen LogP contribution in [0.2, 0.25) is 0 Å². The van der Waals surface area contributed by atoms with E-state index in [1.807, 2.05) is 6.07 Å². The monoisotopic (exact) mass is 315 g/mol. The first-order valence-corrected chi connectivity index (χ1v) is 7.04. The van der Waals surface area contributed by atoms with Crippen LogP contribution in [0.15, 0.2) is 0 Å². The van der Waals surface area contributed by atoms with Crippen LogP contribution in [0.5, 0.6) is 0 Å². The Kier molecular flexibility index (Phi) is 7.97. The molecule has 9 nitrogen and oxygen atoms in total. The van der Waals surface area contributed by atoms with Gasteiger partial charge in [-0.15, -0.1) is 0 Å². The summed E-state index contributed by atoms with van der Waals surface area (Å²) < 4.78 is 0. The summed E-state index contributed by atoms with van der Waals surface area (Å²) in [6.45, 7) is 0.369. The van der Waals surface area contributed by atoms with Crippen LogP contribution in [-0.2, 0) is 9.59 Å². The lowest BCUT2D eigenvalue weighted by Crippen LogP contribution is -2.73. The number of carboxylic acid groups (broad SMARTS) is 2. The van der Waals surface area contributed by atoms with E-state index in [1.54, 1.807) is 0 Å². The van der Waals surface area contributed by atoms with Crippen molar-refractivity contribution in [3.63, 3.8) is 0 Å². The molecule has 0 aliphatic carbocycles. The van der Waals surface area contributed by atoms with Crippen molar-refractivity contribution in [3.8, 4) is 6.07 Å². The second kappa shape index (κ2) is 8.65. The van der Waals surface area contributed by atoms with Crippen molar-refractivity contribution >= 4 is 11.9 Å². The van der Waals surface area contributed by atoms with Crippen molar-refractivity contribution in [3.05, 3.63) is 0 Å². The normalized spacial score (nSPS) is 17.8. The van der Waals surface area contributed by atoms with E-state index in [2.05, 4.69) is 0 Å². The van der Waals surface area contributed by atoms with Gasteiger partial charge in [0.2, 0.25) is 0 Å². The molecule has 0 aliphatic rings. The lowest BCUT2D eigenvalue weighted by molar-refractivity contribution is -0.158. The smallest absolute Gasteiger partial charge is 0.326 e. The number of rotatable bonds is 11. The summed E-state index contributed by atoms with van der Waals surface area (Å²) in [5, 5.41) is 27.7. The zero-order chi connectivity index (χ0) is 17.4. The highest BCUT2D eigenvalue weighted by Gasteiger charge is 2.56.